The number of thiophene rings is 1. The number of hydrogen-bond donors (Lipinski definition) is 0. The summed E-state index contributed by atoms with van der Waals surface area (Å²) in [5.41, 5.74) is 2.53. The Kier molecular flexibility index (Phi) is 6.40. The third-order valence-electron chi connectivity index (χ3n) is 6.42. The molecule has 5 rings (SSSR count). The summed E-state index contributed by atoms with van der Waals surface area (Å²) in [5.74, 6) is 0.232. The summed E-state index contributed by atoms with van der Waals surface area (Å²) < 4.78 is 5.91. The van der Waals surface area contributed by atoms with Gasteiger partial charge in [0.05, 0.1) is 5.56 Å². The number of halogens is 1. The molecule has 170 valence electrons. The van der Waals surface area contributed by atoms with Gasteiger partial charge < -0.3 is 14.2 Å². The fourth-order valence-corrected chi connectivity index (χ4v) is 5.90. The molecule has 2 aliphatic heterocycles. The van der Waals surface area contributed by atoms with Crippen molar-refractivity contribution in [3.05, 3.63) is 44.6 Å². The minimum absolute atomic E-state index is 0.232. The molecule has 2 aromatic heterocycles. The average Bonchev–Trinajstić information content (AvgIpc) is 3.34. The Morgan fingerprint density at radius 3 is 2.75 bits per heavy atom. The van der Waals surface area contributed by atoms with E-state index in [-0.39, 0.29) is 5.91 Å². The van der Waals surface area contributed by atoms with Crippen LogP contribution in [-0.4, -0.2) is 66.5 Å². The van der Waals surface area contributed by atoms with Gasteiger partial charge in [-0.25, -0.2) is 0 Å². The topological polar surface area (TPSA) is 52.8 Å². The predicted octanol–water partition coefficient (Wildman–Crippen LogP) is 4.84. The molecule has 0 radical (unpaired) electrons. The highest BCUT2D eigenvalue weighted by molar-refractivity contribution is 7.12. The molecular formula is C24H29ClN4O2S. The van der Waals surface area contributed by atoms with Gasteiger partial charge in [-0.3, -0.25) is 9.69 Å². The summed E-state index contributed by atoms with van der Waals surface area (Å²) in [5, 5.41) is 0.676. The molecule has 0 N–H and O–H groups in total. The molecule has 1 saturated heterocycles. The number of benzene rings is 1. The van der Waals surface area contributed by atoms with E-state index in [1.807, 2.05) is 18.2 Å². The molecule has 32 heavy (non-hydrogen) atoms. The maximum atomic E-state index is 12.9. The number of aromatic nitrogens is 1. The number of piperazine rings is 1. The largest absolute Gasteiger partial charge is 0.423 e. The number of carbonyl (C=O) groups is 1. The second-order valence-corrected chi connectivity index (χ2v) is 10.5. The lowest BCUT2D eigenvalue weighted by Gasteiger charge is -2.33. The van der Waals surface area contributed by atoms with Crippen LogP contribution in [0.5, 0.6) is 0 Å². The molecule has 0 spiro atoms. The normalized spacial score (nSPS) is 17.8. The monoisotopic (exact) mass is 472 g/mol. The van der Waals surface area contributed by atoms with Crippen molar-refractivity contribution in [1.29, 1.82) is 0 Å². The van der Waals surface area contributed by atoms with Crippen LogP contribution in [0.15, 0.2) is 28.7 Å². The van der Waals surface area contributed by atoms with Crippen molar-refractivity contribution in [3.63, 3.8) is 0 Å². The standard InChI is InChI=1S/C24H29ClN4O2S/c1-17-15-19-22(32-17)5-4-10-28(23(19)30)9-3-2-8-27-11-13-29(14-12-27)24-26-20-16-18(25)6-7-21(20)31-24/h6-7,15-16H,2-5,8-14H2,1H3. The molecule has 4 heterocycles. The van der Waals surface area contributed by atoms with Crippen LogP contribution in [0.4, 0.5) is 6.01 Å². The van der Waals surface area contributed by atoms with Crippen molar-refractivity contribution < 1.29 is 9.21 Å². The fraction of sp³-hybridized carbons (Fsp3) is 0.500. The average molecular weight is 473 g/mol. The van der Waals surface area contributed by atoms with Crippen LogP contribution in [-0.2, 0) is 6.42 Å². The smallest absolute Gasteiger partial charge is 0.298 e. The number of unbranched alkanes of at least 4 members (excludes halogenated alkanes) is 1. The van der Waals surface area contributed by atoms with E-state index in [0.29, 0.717) is 11.0 Å². The van der Waals surface area contributed by atoms with Gasteiger partial charge in [-0.05, 0) is 63.4 Å². The number of oxazole rings is 1. The van der Waals surface area contributed by atoms with Gasteiger partial charge in [0, 0.05) is 54.0 Å². The van der Waals surface area contributed by atoms with Crippen LogP contribution in [0.2, 0.25) is 5.02 Å². The van der Waals surface area contributed by atoms with Gasteiger partial charge in [-0.1, -0.05) is 11.6 Å². The van der Waals surface area contributed by atoms with Crippen molar-refractivity contribution in [2.75, 3.05) is 50.7 Å². The SMILES string of the molecule is Cc1cc2c(s1)CCCN(CCCCN1CCN(c3nc4cc(Cl)ccc4o3)CC1)C2=O. The number of anilines is 1. The van der Waals surface area contributed by atoms with E-state index in [2.05, 4.69) is 32.7 Å². The lowest BCUT2D eigenvalue weighted by Crippen LogP contribution is -2.46. The van der Waals surface area contributed by atoms with E-state index in [1.165, 1.54) is 9.75 Å². The summed E-state index contributed by atoms with van der Waals surface area (Å²) >= 11 is 7.84. The molecule has 6 nitrogen and oxygen atoms in total. The fourth-order valence-electron chi connectivity index (χ4n) is 4.67. The van der Waals surface area contributed by atoms with Gasteiger partial charge in [0.15, 0.2) is 5.58 Å². The van der Waals surface area contributed by atoms with Crippen LogP contribution < -0.4 is 4.90 Å². The first kappa shape index (κ1) is 21.7. The number of amides is 1. The third-order valence-corrected chi connectivity index (χ3v) is 7.76. The van der Waals surface area contributed by atoms with Crippen molar-refractivity contribution in [1.82, 2.24) is 14.8 Å². The Labute approximate surface area is 197 Å². The minimum Gasteiger partial charge on any atom is -0.423 e. The number of carbonyl (C=O) groups excluding carboxylic acids is 1. The van der Waals surface area contributed by atoms with E-state index < -0.39 is 0 Å². The van der Waals surface area contributed by atoms with Gasteiger partial charge in [-0.2, -0.15) is 4.98 Å². The van der Waals surface area contributed by atoms with Gasteiger partial charge in [0.1, 0.15) is 5.52 Å². The van der Waals surface area contributed by atoms with Crippen LogP contribution in [0.1, 0.15) is 39.4 Å². The molecule has 1 amide bonds. The van der Waals surface area contributed by atoms with Crippen molar-refractivity contribution >= 4 is 46.0 Å². The lowest BCUT2D eigenvalue weighted by molar-refractivity contribution is 0.0756. The van der Waals surface area contributed by atoms with E-state index in [0.717, 1.165) is 88.2 Å². The summed E-state index contributed by atoms with van der Waals surface area (Å²) in [6, 6.07) is 8.31. The lowest BCUT2D eigenvalue weighted by atomic mass is 10.2. The van der Waals surface area contributed by atoms with E-state index in [4.69, 9.17) is 16.0 Å². The van der Waals surface area contributed by atoms with Crippen molar-refractivity contribution in [2.24, 2.45) is 0 Å². The molecule has 1 fully saturated rings. The second-order valence-electron chi connectivity index (χ2n) is 8.73. The van der Waals surface area contributed by atoms with E-state index in [1.54, 1.807) is 11.3 Å². The maximum Gasteiger partial charge on any atom is 0.298 e. The number of fused-ring (bicyclic) bond motifs is 2. The maximum absolute atomic E-state index is 12.9. The van der Waals surface area contributed by atoms with Crippen LogP contribution in [0.25, 0.3) is 11.1 Å². The van der Waals surface area contributed by atoms with Gasteiger partial charge >= 0.3 is 0 Å². The minimum atomic E-state index is 0.232. The first-order chi connectivity index (χ1) is 15.6. The number of nitrogens with zero attached hydrogens (tertiary/aromatic N) is 4. The summed E-state index contributed by atoms with van der Waals surface area (Å²) in [6.45, 7) is 8.72. The first-order valence-corrected chi connectivity index (χ1v) is 12.7. The molecule has 3 aromatic rings. The third kappa shape index (κ3) is 4.65. The Morgan fingerprint density at radius 1 is 1.09 bits per heavy atom. The van der Waals surface area contributed by atoms with Gasteiger partial charge in [0.2, 0.25) is 0 Å². The summed E-state index contributed by atoms with van der Waals surface area (Å²) in [4.78, 5) is 26.8. The second kappa shape index (κ2) is 9.41. The summed E-state index contributed by atoms with van der Waals surface area (Å²) in [7, 11) is 0. The zero-order valence-corrected chi connectivity index (χ0v) is 20.1. The highest BCUT2D eigenvalue weighted by Crippen LogP contribution is 2.28. The molecule has 0 bridgehead atoms. The van der Waals surface area contributed by atoms with Crippen LogP contribution in [0, 0.1) is 6.92 Å². The molecule has 0 saturated carbocycles. The molecule has 2 aliphatic rings. The first-order valence-electron chi connectivity index (χ1n) is 11.5. The number of aryl methyl sites for hydroxylation is 2. The zero-order chi connectivity index (χ0) is 22.1. The zero-order valence-electron chi connectivity index (χ0n) is 18.5. The number of rotatable bonds is 6. The Bertz CT molecular complexity index is 1100. The molecule has 0 unspecified atom stereocenters. The molecule has 8 heteroatoms. The molecular weight excluding hydrogens is 444 g/mol. The van der Waals surface area contributed by atoms with Crippen LogP contribution >= 0.6 is 22.9 Å². The highest BCUT2D eigenvalue weighted by atomic mass is 35.5. The Hall–Kier alpha value is -2.09. The van der Waals surface area contributed by atoms with Crippen LogP contribution in [0.3, 0.4) is 0 Å². The Balaban J connectivity index is 1.07. The highest BCUT2D eigenvalue weighted by Gasteiger charge is 2.24. The van der Waals surface area contributed by atoms with Crippen molar-refractivity contribution in [3.8, 4) is 0 Å². The molecule has 1 aromatic carbocycles. The Morgan fingerprint density at radius 2 is 1.91 bits per heavy atom. The molecule has 0 atom stereocenters. The van der Waals surface area contributed by atoms with E-state index in [9.17, 15) is 4.79 Å². The number of hydrogen-bond acceptors (Lipinski definition) is 6. The van der Waals surface area contributed by atoms with Gasteiger partial charge in [0.25, 0.3) is 11.9 Å². The predicted molar refractivity (Wildman–Crippen MR) is 130 cm³/mol. The van der Waals surface area contributed by atoms with Gasteiger partial charge in [-0.15, -0.1) is 11.3 Å². The van der Waals surface area contributed by atoms with Crippen molar-refractivity contribution in [2.45, 2.75) is 32.6 Å². The quantitative estimate of drug-likeness (QED) is 0.480. The molecule has 0 aliphatic carbocycles. The van der Waals surface area contributed by atoms with E-state index >= 15 is 0 Å². The summed E-state index contributed by atoms with van der Waals surface area (Å²) in [6.07, 6.45) is 4.27.